The Labute approximate surface area is 105 Å². The largest absolute Gasteiger partial charge is 0.301 e. The lowest BCUT2D eigenvalue weighted by Crippen LogP contribution is -2.17. The van der Waals surface area contributed by atoms with Gasteiger partial charge in [0, 0.05) is 12.6 Å². The SMILES string of the molecule is CC(C)CONCc1ccc(Cl)c([N+](=O)[O-])c1. The molecule has 1 rings (SSSR count). The molecule has 0 aliphatic carbocycles. The molecular weight excluding hydrogens is 244 g/mol. The molecule has 0 radical (unpaired) electrons. The van der Waals surface area contributed by atoms with Crippen LogP contribution in [0.25, 0.3) is 0 Å². The number of nitrogens with zero attached hydrogens (tertiary/aromatic N) is 1. The van der Waals surface area contributed by atoms with E-state index in [1.807, 2.05) is 13.8 Å². The van der Waals surface area contributed by atoms with Crippen molar-refractivity contribution in [1.29, 1.82) is 0 Å². The summed E-state index contributed by atoms with van der Waals surface area (Å²) in [5.41, 5.74) is 3.42. The van der Waals surface area contributed by atoms with Gasteiger partial charge in [0.15, 0.2) is 0 Å². The highest BCUT2D eigenvalue weighted by molar-refractivity contribution is 6.32. The van der Waals surface area contributed by atoms with Gasteiger partial charge in [0.05, 0.1) is 11.5 Å². The first-order chi connectivity index (χ1) is 8.00. The van der Waals surface area contributed by atoms with Crippen molar-refractivity contribution in [3.05, 3.63) is 38.9 Å². The minimum atomic E-state index is -0.499. The normalized spacial score (nSPS) is 10.8. The molecule has 0 saturated heterocycles. The van der Waals surface area contributed by atoms with Crippen LogP contribution in [0.2, 0.25) is 5.02 Å². The third kappa shape index (κ3) is 4.68. The van der Waals surface area contributed by atoms with E-state index in [1.165, 1.54) is 12.1 Å². The molecule has 0 heterocycles. The number of nitrogens with one attached hydrogen (secondary N) is 1. The number of benzene rings is 1. The van der Waals surface area contributed by atoms with Crippen molar-refractivity contribution in [2.75, 3.05) is 6.61 Å². The molecule has 0 fully saturated rings. The van der Waals surface area contributed by atoms with E-state index in [2.05, 4.69) is 5.48 Å². The molecule has 1 aromatic rings. The van der Waals surface area contributed by atoms with Crippen LogP contribution >= 0.6 is 11.6 Å². The fourth-order valence-electron chi connectivity index (χ4n) is 1.17. The summed E-state index contributed by atoms with van der Waals surface area (Å²) in [7, 11) is 0. The molecule has 1 aromatic carbocycles. The maximum Gasteiger partial charge on any atom is 0.288 e. The van der Waals surface area contributed by atoms with E-state index in [0.29, 0.717) is 19.1 Å². The fraction of sp³-hybridized carbons (Fsp3) is 0.455. The second-order valence-corrected chi connectivity index (χ2v) is 4.48. The summed E-state index contributed by atoms with van der Waals surface area (Å²) in [6.45, 7) is 5.07. The van der Waals surface area contributed by atoms with Crippen LogP contribution in [0.1, 0.15) is 19.4 Å². The monoisotopic (exact) mass is 258 g/mol. The van der Waals surface area contributed by atoms with Gasteiger partial charge in [-0.3, -0.25) is 10.1 Å². The zero-order valence-electron chi connectivity index (χ0n) is 9.77. The lowest BCUT2D eigenvalue weighted by Gasteiger charge is -2.08. The standard InChI is InChI=1S/C11H15ClN2O3/c1-8(2)7-17-13-6-9-3-4-10(12)11(5-9)14(15)16/h3-5,8,13H,6-7H2,1-2H3. The molecule has 17 heavy (non-hydrogen) atoms. The Hall–Kier alpha value is -1.17. The Kier molecular flexibility index (Phi) is 5.34. The van der Waals surface area contributed by atoms with Crippen LogP contribution in [0, 0.1) is 16.0 Å². The van der Waals surface area contributed by atoms with Crippen LogP contribution < -0.4 is 5.48 Å². The highest BCUT2D eigenvalue weighted by Crippen LogP contribution is 2.24. The molecular formula is C11H15ClN2O3. The van der Waals surface area contributed by atoms with E-state index < -0.39 is 4.92 Å². The summed E-state index contributed by atoms with van der Waals surface area (Å²) in [4.78, 5) is 15.3. The van der Waals surface area contributed by atoms with Crippen molar-refractivity contribution in [2.24, 2.45) is 5.92 Å². The Morgan fingerprint density at radius 2 is 2.24 bits per heavy atom. The molecule has 5 nitrogen and oxygen atoms in total. The molecule has 0 aliphatic rings. The minimum absolute atomic E-state index is 0.0881. The number of hydrogen-bond donors (Lipinski definition) is 1. The number of hydrogen-bond acceptors (Lipinski definition) is 4. The first kappa shape index (κ1) is 13.9. The summed E-state index contributed by atoms with van der Waals surface area (Å²) in [5.74, 6) is 0.432. The third-order valence-corrected chi connectivity index (χ3v) is 2.32. The van der Waals surface area contributed by atoms with Crippen molar-refractivity contribution >= 4 is 17.3 Å². The molecule has 6 heteroatoms. The lowest BCUT2D eigenvalue weighted by molar-refractivity contribution is -0.384. The average molecular weight is 259 g/mol. The highest BCUT2D eigenvalue weighted by Gasteiger charge is 2.12. The van der Waals surface area contributed by atoms with E-state index in [4.69, 9.17) is 16.4 Å². The van der Waals surface area contributed by atoms with Crippen molar-refractivity contribution in [1.82, 2.24) is 5.48 Å². The van der Waals surface area contributed by atoms with E-state index in [-0.39, 0.29) is 10.7 Å². The van der Waals surface area contributed by atoms with Gasteiger partial charge in [0.1, 0.15) is 5.02 Å². The predicted molar refractivity (Wildman–Crippen MR) is 65.7 cm³/mol. The van der Waals surface area contributed by atoms with Crippen molar-refractivity contribution in [3.63, 3.8) is 0 Å². The Balaban J connectivity index is 2.54. The van der Waals surface area contributed by atoms with Crippen molar-refractivity contribution in [3.8, 4) is 0 Å². The fourth-order valence-corrected chi connectivity index (χ4v) is 1.35. The smallest absolute Gasteiger partial charge is 0.288 e. The Morgan fingerprint density at radius 3 is 2.82 bits per heavy atom. The number of halogens is 1. The topological polar surface area (TPSA) is 64.4 Å². The maximum atomic E-state index is 10.7. The first-order valence-corrected chi connectivity index (χ1v) is 5.66. The molecule has 0 bridgehead atoms. The van der Waals surface area contributed by atoms with Crippen LogP contribution in [-0.2, 0) is 11.4 Å². The maximum absolute atomic E-state index is 10.7. The van der Waals surface area contributed by atoms with E-state index in [0.717, 1.165) is 5.56 Å². The van der Waals surface area contributed by atoms with Gasteiger partial charge in [-0.15, -0.1) is 0 Å². The van der Waals surface area contributed by atoms with Gasteiger partial charge >= 0.3 is 0 Å². The molecule has 0 atom stereocenters. The molecule has 1 N–H and O–H groups in total. The second kappa shape index (κ2) is 6.54. The zero-order valence-corrected chi connectivity index (χ0v) is 10.5. The molecule has 0 spiro atoms. The molecule has 0 amide bonds. The van der Waals surface area contributed by atoms with Gasteiger partial charge in [0.25, 0.3) is 5.69 Å². The molecule has 0 aliphatic heterocycles. The van der Waals surface area contributed by atoms with Crippen LogP contribution in [0.15, 0.2) is 18.2 Å². The zero-order chi connectivity index (χ0) is 12.8. The molecule has 0 saturated carbocycles. The second-order valence-electron chi connectivity index (χ2n) is 4.07. The Morgan fingerprint density at radius 1 is 1.53 bits per heavy atom. The average Bonchev–Trinajstić information content (AvgIpc) is 2.25. The molecule has 0 unspecified atom stereocenters. The van der Waals surface area contributed by atoms with Crippen LogP contribution in [-0.4, -0.2) is 11.5 Å². The number of rotatable bonds is 6. The Bertz CT molecular complexity index is 396. The summed E-state index contributed by atoms with van der Waals surface area (Å²) in [5, 5.41) is 10.8. The van der Waals surface area contributed by atoms with Crippen LogP contribution in [0.4, 0.5) is 5.69 Å². The minimum Gasteiger partial charge on any atom is -0.301 e. The van der Waals surface area contributed by atoms with Gasteiger partial charge in [-0.25, -0.2) is 0 Å². The van der Waals surface area contributed by atoms with E-state index >= 15 is 0 Å². The number of hydroxylamine groups is 1. The summed E-state index contributed by atoms with van der Waals surface area (Å²) >= 11 is 5.70. The quantitative estimate of drug-likeness (QED) is 0.484. The summed E-state index contributed by atoms with van der Waals surface area (Å²) in [6, 6.07) is 4.67. The van der Waals surface area contributed by atoms with Crippen molar-refractivity contribution < 1.29 is 9.76 Å². The van der Waals surface area contributed by atoms with E-state index in [9.17, 15) is 10.1 Å². The van der Waals surface area contributed by atoms with Gasteiger partial charge in [-0.2, -0.15) is 5.48 Å². The predicted octanol–water partition coefficient (Wildman–Crippen LogP) is 2.93. The van der Waals surface area contributed by atoms with Gasteiger partial charge in [-0.05, 0) is 17.5 Å². The third-order valence-electron chi connectivity index (χ3n) is 2.00. The molecule has 94 valence electrons. The van der Waals surface area contributed by atoms with Crippen LogP contribution in [0.3, 0.4) is 0 Å². The summed E-state index contributed by atoms with van der Waals surface area (Å²) in [6.07, 6.45) is 0. The lowest BCUT2D eigenvalue weighted by atomic mass is 10.2. The molecule has 0 aromatic heterocycles. The summed E-state index contributed by atoms with van der Waals surface area (Å²) < 4.78 is 0. The first-order valence-electron chi connectivity index (χ1n) is 5.28. The van der Waals surface area contributed by atoms with E-state index in [1.54, 1.807) is 6.07 Å². The van der Waals surface area contributed by atoms with Crippen molar-refractivity contribution in [2.45, 2.75) is 20.4 Å². The van der Waals surface area contributed by atoms with Crippen LogP contribution in [0.5, 0.6) is 0 Å². The van der Waals surface area contributed by atoms with Gasteiger partial charge in [-0.1, -0.05) is 31.5 Å². The van der Waals surface area contributed by atoms with Gasteiger partial charge in [0.2, 0.25) is 0 Å². The number of nitro benzene ring substituents is 1. The highest BCUT2D eigenvalue weighted by atomic mass is 35.5. The number of nitro groups is 1. The van der Waals surface area contributed by atoms with Gasteiger partial charge < -0.3 is 4.84 Å².